The highest BCUT2D eigenvalue weighted by Gasteiger charge is 2.17. The lowest BCUT2D eigenvalue weighted by molar-refractivity contribution is -0.00683. The quantitative estimate of drug-likeness (QED) is 0.376. The summed E-state index contributed by atoms with van der Waals surface area (Å²) in [7, 11) is 0. The van der Waals surface area contributed by atoms with Crippen LogP contribution in [0.4, 0.5) is 4.79 Å². The molecule has 0 aromatic heterocycles. The van der Waals surface area contributed by atoms with Crippen LogP contribution in [0.5, 0.6) is 0 Å². The van der Waals surface area contributed by atoms with Crippen molar-refractivity contribution in [3.8, 4) is 0 Å². The van der Waals surface area contributed by atoms with E-state index in [0.717, 1.165) is 0 Å². The molecule has 1 amide bonds. The van der Waals surface area contributed by atoms with Gasteiger partial charge in [0.2, 0.25) is 0 Å². The fourth-order valence-electron chi connectivity index (χ4n) is 0.557. The third kappa shape index (κ3) is 6.64. The van der Waals surface area contributed by atoms with Crippen molar-refractivity contribution < 1.29 is 19.7 Å². The average Bonchev–Trinajstić information content (AvgIpc) is 1.96. The molecule has 0 rings (SSSR count). The third-order valence-corrected chi connectivity index (χ3v) is 1.18. The molecule has 0 aliphatic heterocycles. The van der Waals surface area contributed by atoms with Crippen LogP contribution in [0.25, 0.3) is 0 Å². The lowest BCUT2D eigenvalue weighted by Crippen LogP contribution is -2.50. The number of hydrogen-bond donors (Lipinski definition) is 4. The molecule has 2 atom stereocenters. The molecule has 0 saturated heterocycles. The highest BCUT2D eigenvalue weighted by Crippen LogP contribution is 2.05. The maximum Gasteiger partial charge on any atom is 0.422 e. The fraction of sp³-hybridized carbons (Fsp3) is 0.875. The number of aliphatic hydroxyl groups is 2. The van der Waals surface area contributed by atoms with Crippen LogP contribution >= 0.6 is 0 Å². The first kappa shape index (κ1) is 13.2. The van der Waals surface area contributed by atoms with Crippen molar-refractivity contribution in [3.63, 3.8) is 0 Å². The minimum Gasteiger partial charge on any atom is -0.443 e. The van der Waals surface area contributed by atoms with E-state index in [4.69, 9.17) is 14.9 Å². The molecule has 0 aromatic carbocycles. The van der Waals surface area contributed by atoms with Gasteiger partial charge in [-0.2, -0.15) is 0 Å². The Morgan fingerprint density at radius 3 is 2.21 bits per heavy atom. The molecule has 6 heteroatoms. The molecule has 0 fully saturated rings. The van der Waals surface area contributed by atoms with Gasteiger partial charge in [-0.3, -0.25) is 5.43 Å². The van der Waals surface area contributed by atoms with Gasteiger partial charge in [-0.1, -0.05) is 0 Å². The van der Waals surface area contributed by atoms with E-state index in [1.807, 2.05) is 0 Å². The zero-order valence-electron chi connectivity index (χ0n) is 8.87. The van der Waals surface area contributed by atoms with Crippen LogP contribution in [-0.4, -0.2) is 34.2 Å². The topological polar surface area (TPSA) is 90.8 Å². The van der Waals surface area contributed by atoms with Crippen molar-refractivity contribution in [1.29, 1.82) is 0 Å². The minimum absolute atomic E-state index is 0.596. The molecular weight excluding hydrogens is 188 g/mol. The summed E-state index contributed by atoms with van der Waals surface area (Å²) in [6, 6.07) is 0. The Labute approximate surface area is 83.2 Å². The molecule has 0 aliphatic rings. The Bertz CT molecular complexity index is 188. The highest BCUT2D eigenvalue weighted by atomic mass is 16.6. The molecule has 6 nitrogen and oxygen atoms in total. The van der Waals surface area contributed by atoms with E-state index in [0.29, 0.717) is 0 Å². The summed E-state index contributed by atoms with van der Waals surface area (Å²) >= 11 is 0. The number of nitrogens with one attached hydrogen (secondary N) is 2. The zero-order valence-corrected chi connectivity index (χ0v) is 8.87. The standard InChI is InChI=1S/C8H18N2O4/c1-5(11)6(12)9-10-7(13)14-8(2,3)4/h5-6,9,11-12H,1-4H3,(H,10,13)/t5-,6-/m0/s1. The number of aliphatic hydroxyl groups excluding tert-OH is 2. The van der Waals surface area contributed by atoms with Gasteiger partial charge < -0.3 is 14.9 Å². The summed E-state index contributed by atoms with van der Waals surface area (Å²) in [5.41, 5.74) is 3.69. The predicted molar refractivity (Wildman–Crippen MR) is 50.2 cm³/mol. The largest absolute Gasteiger partial charge is 0.443 e. The van der Waals surface area contributed by atoms with Crippen molar-refractivity contribution in [2.75, 3.05) is 0 Å². The molecule has 0 saturated carbocycles. The summed E-state index contributed by atoms with van der Waals surface area (Å²) in [6.45, 7) is 6.54. The number of hydrogen-bond acceptors (Lipinski definition) is 5. The van der Waals surface area contributed by atoms with Gasteiger partial charge in [0.25, 0.3) is 0 Å². The van der Waals surface area contributed by atoms with Gasteiger partial charge in [-0.05, 0) is 27.7 Å². The van der Waals surface area contributed by atoms with Crippen molar-refractivity contribution in [2.45, 2.75) is 45.6 Å². The molecule has 4 N–H and O–H groups in total. The third-order valence-electron chi connectivity index (χ3n) is 1.18. The average molecular weight is 206 g/mol. The maximum atomic E-state index is 11.0. The Morgan fingerprint density at radius 2 is 1.86 bits per heavy atom. The first-order valence-corrected chi connectivity index (χ1v) is 4.33. The van der Waals surface area contributed by atoms with E-state index in [9.17, 15) is 4.79 Å². The van der Waals surface area contributed by atoms with E-state index in [2.05, 4.69) is 10.9 Å². The van der Waals surface area contributed by atoms with Gasteiger partial charge >= 0.3 is 6.09 Å². The van der Waals surface area contributed by atoms with Crippen LogP contribution < -0.4 is 10.9 Å². The zero-order chi connectivity index (χ0) is 11.4. The number of carbonyl (C=O) groups excluding carboxylic acids is 1. The Morgan fingerprint density at radius 1 is 1.36 bits per heavy atom. The smallest absolute Gasteiger partial charge is 0.422 e. The van der Waals surface area contributed by atoms with E-state index >= 15 is 0 Å². The van der Waals surface area contributed by atoms with Gasteiger partial charge in [-0.15, -0.1) is 0 Å². The summed E-state index contributed by atoms with van der Waals surface area (Å²) < 4.78 is 4.86. The number of hydrazine groups is 1. The van der Waals surface area contributed by atoms with Crippen LogP contribution in [0.2, 0.25) is 0 Å². The normalized spacial score (nSPS) is 15.9. The predicted octanol–water partition coefficient (Wildman–Crippen LogP) is -0.285. The van der Waals surface area contributed by atoms with E-state index in [1.165, 1.54) is 6.92 Å². The molecule has 0 radical (unpaired) electrons. The summed E-state index contributed by atoms with van der Waals surface area (Å²) in [4.78, 5) is 11.0. The second-order valence-corrected chi connectivity index (χ2v) is 3.96. The van der Waals surface area contributed by atoms with Crippen molar-refractivity contribution in [3.05, 3.63) is 0 Å². The van der Waals surface area contributed by atoms with E-state index in [1.54, 1.807) is 20.8 Å². The van der Waals surface area contributed by atoms with Gasteiger partial charge in [0.05, 0.1) is 6.10 Å². The SMILES string of the molecule is C[C@H](O)[C@H](O)NNC(=O)OC(C)(C)C. The lowest BCUT2D eigenvalue weighted by Gasteiger charge is -2.21. The Kier molecular flexibility index (Phi) is 4.82. The van der Waals surface area contributed by atoms with Crippen LogP contribution in [0, 0.1) is 0 Å². The Balaban J connectivity index is 3.75. The van der Waals surface area contributed by atoms with Gasteiger partial charge in [0, 0.05) is 0 Å². The van der Waals surface area contributed by atoms with Crippen LogP contribution in [0.3, 0.4) is 0 Å². The molecule has 0 unspecified atom stereocenters. The van der Waals surface area contributed by atoms with Crippen molar-refractivity contribution >= 4 is 6.09 Å². The molecule has 0 bridgehead atoms. The molecule has 0 aliphatic carbocycles. The van der Waals surface area contributed by atoms with Gasteiger partial charge in [0.1, 0.15) is 11.8 Å². The van der Waals surface area contributed by atoms with E-state index < -0.39 is 24.0 Å². The summed E-state index contributed by atoms with van der Waals surface area (Å²) in [5, 5.41) is 17.9. The minimum atomic E-state index is -1.22. The van der Waals surface area contributed by atoms with Crippen molar-refractivity contribution in [2.24, 2.45) is 0 Å². The number of rotatable bonds is 3. The second-order valence-electron chi connectivity index (χ2n) is 3.96. The number of ether oxygens (including phenoxy) is 1. The first-order valence-electron chi connectivity index (χ1n) is 4.33. The van der Waals surface area contributed by atoms with Crippen molar-refractivity contribution in [1.82, 2.24) is 10.9 Å². The number of carbonyl (C=O) groups is 1. The molecule has 0 aromatic rings. The molecule has 0 heterocycles. The van der Waals surface area contributed by atoms with E-state index in [-0.39, 0.29) is 0 Å². The van der Waals surface area contributed by atoms with Gasteiger partial charge in [0.15, 0.2) is 0 Å². The highest BCUT2D eigenvalue weighted by molar-refractivity contribution is 5.66. The van der Waals surface area contributed by atoms with Crippen LogP contribution in [-0.2, 0) is 4.74 Å². The number of amides is 1. The molecule has 84 valence electrons. The summed E-state index contributed by atoms with van der Waals surface area (Å²) in [6.07, 6.45) is -2.91. The Hall–Kier alpha value is -0.850. The maximum absolute atomic E-state index is 11.0. The van der Waals surface area contributed by atoms with Crippen LogP contribution in [0.1, 0.15) is 27.7 Å². The molecule has 14 heavy (non-hydrogen) atoms. The summed E-state index contributed by atoms with van der Waals surface area (Å²) in [5.74, 6) is 0. The fourth-order valence-corrected chi connectivity index (χ4v) is 0.557. The molecule has 0 spiro atoms. The molecular formula is C8H18N2O4. The first-order chi connectivity index (χ1) is 6.22. The lowest BCUT2D eigenvalue weighted by atomic mass is 10.2. The second kappa shape index (κ2) is 5.14. The van der Waals surface area contributed by atoms with Gasteiger partial charge in [-0.25, -0.2) is 10.2 Å². The van der Waals surface area contributed by atoms with Crippen LogP contribution in [0.15, 0.2) is 0 Å². The monoisotopic (exact) mass is 206 g/mol.